The van der Waals surface area contributed by atoms with E-state index in [0.717, 1.165) is 37.3 Å². The Balaban J connectivity index is 1.63. The predicted molar refractivity (Wildman–Crippen MR) is 114 cm³/mol. The molecule has 2 aromatic rings. The molecule has 2 aromatic carbocycles. The van der Waals surface area contributed by atoms with Crippen molar-refractivity contribution in [3.05, 3.63) is 64.5 Å². The van der Waals surface area contributed by atoms with Crippen LogP contribution in [-0.4, -0.2) is 6.36 Å². The van der Waals surface area contributed by atoms with Gasteiger partial charge < -0.3 is 4.74 Å². The first-order valence-corrected chi connectivity index (χ1v) is 11.2. The van der Waals surface area contributed by atoms with E-state index in [4.69, 9.17) is 0 Å². The van der Waals surface area contributed by atoms with E-state index in [2.05, 4.69) is 23.5 Å². The minimum Gasteiger partial charge on any atom is -0.403 e. The number of hydrogen-bond acceptors (Lipinski definition) is 1. The van der Waals surface area contributed by atoms with E-state index in [1.165, 1.54) is 37.8 Å². The molecule has 0 spiro atoms. The van der Waals surface area contributed by atoms with Gasteiger partial charge >= 0.3 is 6.36 Å². The minimum absolute atomic E-state index is 0.0384. The number of hydrogen-bond donors (Lipinski definition) is 0. The molecule has 3 rings (SSSR count). The second kappa shape index (κ2) is 11.0. The fourth-order valence-electron chi connectivity index (χ4n) is 4.40. The lowest BCUT2D eigenvalue weighted by Gasteiger charge is -2.28. The van der Waals surface area contributed by atoms with E-state index in [-0.39, 0.29) is 5.56 Å². The molecule has 0 amide bonds. The van der Waals surface area contributed by atoms with E-state index in [9.17, 15) is 26.3 Å². The average Bonchev–Trinajstić information content (AvgIpc) is 2.74. The van der Waals surface area contributed by atoms with Gasteiger partial charge in [0, 0.05) is 5.56 Å². The number of rotatable bonds is 6. The lowest BCUT2D eigenvalue weighted by atomic mass is 9.78. The Hall–Kier alpha value is -2.62. The summed E-state index contributed by atoms with van der Waals surface area (Å²) in [6.45, 7) is 2.20. The molecule has 0 N–H and O–H groups in total. The first kappa shape index (κ1) is 25.0. The maximum Gasteiger partial charge on any atom is 0.573 e. The molecule has 0 atom stereocenters. The zero-order valence-electron chi connectivity index (χ0n) is 18.4. The van der Waals surface area contributed by atoms with Crippen molar-refractivity contribution in [2.75, 3.05) is 0 Å². The van der Waals surface area contributed by atoms with Gasteiger partial charge in [-0.2, -0.15) is 0 Å². The standard InChI is InChI=1S/C26H26F6O/c1-2-3-17-4-6-18(7-5-17)8-9-20-15-22(27)21(23(28)16-20)12-10-19-11-13-25(24(29)14-19)33-26(30,31)32/h11,13-18H,2-9H2,1H3. The highest BCUT2D eigenvalue weighted by Crippen LogP contribution is 2.34. The van der Waals surface area contributed by atoms with Crippen molar-refractivity contribution in [2.24, 2.45) is 11.8 Å². The van der Waals surface area contributed by atoms with Crippen LogP contribution in [0.3, 0.4) is 0 Å². The van der Waals surface area contributed by atoms with Crippen LogP contribution >= 0.6 is 0 Å². The predicted octanol–water partition coefficient (Wildman–Crippen LogP) is 7.94. The Morgan fingerprint density at radius 1 is 0.848 bits per heavy atom. The number of halogens is 6. The molecule has 1 fully saturated rings. The third-order valence-corrected chi connectivity index (χ3v) is 6.10. The van der Waals surface area contributed by atoms with Crippen molar-refractivity contribution in [2.45, 2.75) is 64.7 Å². The molecular formula is C26H26F6O. The van der Waals surface area contributed by atoms with Crippen LogP contribution in [0.25, 0.3) is 0 Å². The third-order valence-electron chi connectivity index (χ3n) is 6.10. The second-order valence-corrected chi connectivity index (χ2v) is 8.59. The summed E-state index contributed by atoms with van der Waals surface area (Å²) in [5, 5.41) is 0. The van der Waals surface area contributed by atoms with Gasteiger partial charge in [0.2, 0.25) is 0 Å². The molecule has 0 aliphatic heterocycles. The van der Waals surface area contributed by atoms with Gasteiger partial charge in [0.25, 0.3) is 0 Å². The Morgan fingerprint density at radius 3 is 2.00 bits per heavy atom. The lowest BCUT2D eigenvalue weighted by Crippen LogP contribution is -2.17. The van der Waals surface area contributed by atoms with Crippen LogP contribution in [0.4, 0.5) is 26.3 Å². The molecule has 0 heterocycles. The first-order chi connectivity index (χ1) is 15.6. The van der Waals surface area contributed by atoms with E-state index < -0.39 is 35.1 Å². The van der Waals surface area contributed by atoms with Gasteiger partial charge in [0.05, 0.1) is 5.56 Å². The van der Waals surface area contributed by atoms with Crippen molar-refractivity contribution >= 4 is 0 Å². The highest BCUT2D eigenvalue weighted by atomic mass is 19.4. The Bertz CT molecular complexity index is 987. The lowest BCUT2D eigenvalue weighted by molar-refractivity contribution is -0.275. The fraction of sp³-hybridized carbons (Fsp3) is 0.462. The van der Waals surface area contributed by atoms with E-state index in [1.807, 2.05) is 0 Å². The molecule has 0 unspecified atom stereocenters. The summed E-state index contributed by atoms with van der Waals surface area (Å²) in [6.07, 6.45) is 3.66. The molecule has 0 radical (unpaired) electrons. The highest BCUT2D eigenvalue weighted by molar-refractivity contribution is 5.46. The van der Waals surface area contributed by atoms with Crippen LogP contribution in [0.5, 0.6) is 5.75 Å². The molecular weight excluding hydrogens is 442 g/mol. The SMILES string of the molecule is CCCC1CCC(CCc2cc(F)c(C#Cc3ccc(OC(F)(F)F)c(F)c3)c(F)c2)CC1. The number of benzene rings is 2. The second-order valence-electron chi connectivity index (χ2n) is 8.59. The van der Waals surface area contributed by atoms with Gasteiger partial charge in [-0.05, 0) is 60.6 Å². The summed E-state index contributed by atoms with van der Waals surface area (Å²) in [5.41, 5.74) is 0.0596. The smallest absolute Gasteiger partial charge is 0.403 e. The molecule has 1 aliphatic rings. The summed E-state index contributed by atoms with van der Waals surface area (Å²) >= 11 is 0. The summed E-state index contributed by atoms with van der Waals surface area (Å²) in [7, 11) is 0. The van der Waals surface area contributed by atoms with Crippen LogP contribution in [0.15, 0.2) is 30.3 Å². The normalized spacial score (nSPS) is 18.5. The van der Waals surface area contributed by atoms with Gasteiger partial charge in [-0.25, -0.2) is 13.2 Å². The Morgan fingerprint density at radius 2 is 1.45 bits per heavy atom. The van der Waals surface area contributed by atoms with Crippen LogP contribution in [0.2, 0.25) is 0 Å². The molecule has 1 saturated carbocycles. The van der Waals surface area contributed by atoms with Gasteiger partial charge in [-0.15, -0.1) is 13.2 Å². The molecule has 7 heteroatoms. The molecule has 0 bridgehead atoms. The van der Waals surface area contributed by atoms with Crippen LogP contribution < -0.4 is 4.74 Å². The topological polar surface area (TPSA) is 9.23 Å². The number of alkyl halides is 3. The van der Waals surface area contributed by atoms with Crippen LogP contribution in [0, 0.1) is 41.1 Å². The zero-order chi connectivity index (χ0) is 24.0. The molecule has 1 aliphatic carbocycles. The number of aryl methyl sites for hydroxylation is 1. The van der Waals surface area contributed by atoms with Gasteiger partial charge in [0.1, 0.15) is 11.6 Å². The van der Waals surface area contributed by atoms with Crippen LogP contribution in [-0.2, 0) is 6.42 Å². The van der Waals surface area contributed by atoms with E-state index in [0.29, 0.717) is 24.0 Å². The van der Waals surface area contributed by atoms with Crippen molar-refractivity contribution in [3.63, 3.8) is 0 Å². The summed E-state index contributed by atoms with van der Waals surface area (Å²) in [5.74, 6) is 2.15. The van der Waals surface area contributed by atoms with Crippen molar-refractivity contribution in [1.82, 2.24) is 0 Å². The monoisotopic (exact) mass is 468 g/mol. The summed E-state index contributed by atoms with van der Waals surface area (Å²) < 4.78 is 82.9. The van der Waals surface area contributed by atoms with Gasteiger partial charge in [-0.1, -0.05) is 57.3 Å². The summed E-state index contributed by atoms with van der Waals surface area (Å²) in [4.78, 5) is 0. The maximum atomic E-state index is 14.5. The van der Waals surface area contributed by atoms with Crippen molar-refractivity contribution < 1.29 is 31.1 Å². The zero-order valence-corrected chi connectivity index (χ0v) is 18.4. The highest BCUT2D eigenvalue weighted by Gasteiger charge is 2.32. The molecule has 33 heavy (non-hydrogen) atoms. The molecule has 178 valence electrons. The molecule has 1 nitrogen and oxygen atoms in total. The van der Waals surface area contributed by atoms with Gasteiger partial charge in [-0.3, -0.25) is 0 Å². The average molecular weight is 468 g/mol. The minimum atomic E-state index is -5.03. The van der Waals surface area contributed by atoms with Crippen molar-refractivity contribution in [1.29, 1.82) is 0 Å². The summed E-state index contributed by atoms with van der Waals surface area (Å²) in [6, 6.07) is 5.08. The van der Waals surface area contributed by atoms with Crippen LogP contribution in [0.1, 0.15) is 68.6 Å². The number of ether oxygens (including phenoxy) is 1. The third kappa shape index (κ3) is 7.45. The fourth-order valence-corrected chi connectivity index (χ4v) is 4.40. The first-order valence-electron chi connectivity index (χ1n) is 11.2. The Kier molecular flexibility index (Phi) is 8.34. The molecule has 0 saturated heterocycles. The van der Waals surface area contributed by atoms with E-state index >= 15 is 0 Å². The molecule has 0 aromatic heterocycles. The maximum absolute atomic E-state index is 14.5. The van der Waals surface area contributed by atoms with E-state index in [1.54, 1.807) is 0 Å². The quantitative estimate of drug-likeness (QED) is 0.309. The van der Waals surface area contributed by atoms with Gasteiger partial charge in [0.15, 0.2) is 11.6 Å². The largest absolute Gasteiger partial charge is 0.573 e. The Labute approximate surface area is 190 Å². The van der Waals surface area contributed by atoms with Crippen molar-refractivity contribution in [3.8, 4) is 17.6 Å².